The van der Waals surface area contributed by atoms with Gasteiger partial charge in [-0.3, -0.25) is 0 Å². The zero-order valence-electron chi connectivity index (χ0n) is 12.7. The standard InChI is InChI=1S/C20H21F/c1-13-9-19-18-6-4-3-5-14(18)11-20(19,2)12-15-10-16(21)7-8-17(13)15/h3-8,10,13,19H,9,11-12H2,1-2H3. The molecule has 0 amide bonds. The summed E-state index contributed by atoms with van der Waals surface area (Å²) in [6.45, 7) is 4.69. The van der Waals surface area contributed by atoms with Gasteiger partial charge < -0.3 is 0 Å². The second-order valence-corrected chi connectivity index (χ2v) is 7.24. The van der Waals surface area contributed by atoms with Crippen molar-refractivity contribution in [1.82, 2.24) is 0 Å². The first-order chi connectivity index (χ1) is 10.1. The number of hydrogen-bond acceptors (Lipinski definition) is 0. The fourth-order valence-electron chi connectivity index (χ4n) is 4.69. The van der Waals surface area contributed by atoms with E-state index in [2.05, 4.69) is 38.1 Å². The Morgan fingerprint density at radius 1 is 1.00 bits per heavy atom. The molecule has 0 nitrogen and oxygen atoms in total. The Balaban J connectivity index is 1.84. The lowest BCUT2D eigenvalue weighted by Crippen LogP contribution is -2.24. The molecule has 0 bridgehead atoms. The molecule has 3 unspecified atom stereocenters. The van der Waals surface area contributed by atoms with Crippen molar-refractivity contribution in [1.29, 1.82) is 0 Å². The summed E-state index contributed by atoms with van der Waals surface area (Å²) in [7, 11) is 0. The topological polar surface area (TPSA) is 0 Å². The minimum absolute atomic E-state index is 0.0986. The molecule has 0 spiro atoms. The summed E-state index contributed by atoms with van der Waals surface area (Å²) in [6, 6.07) is 14.3. The SMILES string of the molecule is CC1CC2c3ccccc3CC2(C)Cc2cc(F)ccc21. The molecular formula is C20H21F. The van der Waals surface area contributed by atoms with Gasteiger partial charge in [0.2, 0.25) is 0 Å². The van der Waals surface area contributed by atoms with Crippen LogP contribution in [-0.2, 0) is 12.8 Å². The monoisotopic (exact) mass is 280 g/mol. The molecule has 3 atom stereocenters. The number of hydrogen-bond donors (Lipinski definition) is 0. The highest BCUT2D eigenvalue weighted by molar-refractivity contribution is 5.43. The van der Waals surface area contributed by atoms with Gasteiger partial charge in [0.15, 0.2) is 0 Å². The van der Waals surface area contributed by atoms with Crippen molar-refractivity contribution in [2.45, 2.75) is 44.9 Å². The van der Waals surface area contributed by atoms with E-state index in [1.54, 1.807) is 12.1 Å². The molecule has 21 heavy (non-hydrogen) atoms. The molecule has 2 aliphatic carbocycles. The summed E-state index contributed by atoms with van der Waals surface area (Å²) in [5.74, 6) is 0.997. The number of rotatable bonds is 0. The molecular weight excluding hydrogens is 259 g/mol. The fraction of sp³-hybridized carbons (Fsp3) is 0.400. The Morgan fingerprint density at radius 3 is 2.62 bits per heavy atom. The van der Waals surface area contributed by atoms with E-state index < -0.39 is 0 Å². The van der Waals surface area contributed by atoms with Crippen molar-refractivity contribution in [2.75, 3.05) is 0 Å². The molecule has 0 saturated heterocycles. The van der Waals surface area contributed by atoms with E-state index in [1.807, 2.05) is 6.07 Å². The average molecular weight is 280 g/mol. The van der Waals surface area contributed by atoms with E-state index in [0.29, 0.717) is 11.8 Å². The third-order valence-electron chi connectivity index (χ3n) is 5.69. The summed E-state index contributed by atoms with van der Waals surface area (Å²) < 4.78 is 13.7. The molecule has 0 radical (unpaired) electrons. The van der Waals surface area contributed by atoms with Gasteiger partial charge in [0.1, 0.15) is 5.82 Å². The largest absolute Gasteiger partial charge is 0.207 e. The van der Waals surface area contributed by atoms with E-state index in [0.717, 1.165) is 12.8 Å². The second-order valence-electron chi connectivity index (χ2n) is 7.24. The first kappa shape index (κ1) is 13.1. The molecule has 4 rings (SSSR count). The first-order valence-corrected chi connectivity index (χ1v) is 7.93. The summed E-state index contributed by atoms with van der Waals surface area (Å²) in [5, 5.41) is 0. The van der Waals surface area contributed by atoms with Gasteiger partial charge in [0, 0.05) is 0 Å². The van der Waals surface area contributed by atoms with Crippen molar-refractivity contribution in [3.05, 3.63) is 70.5 Å². The molecule has 1 heteroatoms. The fourth-order valence-corrected chi connectivity index (χ4v) is 4.69. The maximum absolute atomic E-state index is 13.7. The van der Waals surface area contributed by atoms with Crippen LogP contribution in [0.5, 0.6) is 0 Å². The molecule has 2 aromatic carbocycles. The highest BCUT2D eigenvalue weighted by atomic mass is 19.1. The minimum Gasteiger partial charge on any atom is -0.207 e. The first-order valence-electron chi connectivity index (χ1n) is 7.93. The maximum atomic E-state index is 13.7. The average Bonchev–Trinajstić information content (AvgIpc) is 2.65. The van der Waals surface area contributed by atoms with Gasteiger partial charge in [-0.05, 0) is 70.9 Å². The van der Waals surface area contributed by atoms with Crippen LogP contribution in [-0.4, -0.2) is 0 Å². The van der Waals surface area contributed by atoms with Crippen molar-refractivity contribution in [3.8, 4) is 0 Å². The van der Waals surface area contributed by atoms with Gasteiger partial charge in [-0.2, -0.15) is 0 Å². The Morgan fingerprint density at radius 2 is 1.76 bits per heavy atom. The Labute approximate surface area is 126 Å². The van der Waals surface area contributed by atoms with Crippen LogP contribution in [0.15, 0.2) is 42.5 Å². The summed E-state index contributed by atoms with van der Waals surface area (Å²) >= 11 is 0. The van der Waals surface area contributed by atoms with E-state index in [9.17, 15) is 4.39 Å². The highest BCUT2D eigenvalue weighted by Gasteiger charge is 2.45. The molecule has 108 valence electrons. The van der Waals surface area contributed by atoms with Gasteiger partial charge in [-0.25, -0.2) is 4.39 Å². The zero-order valence-corrected chi connectivity index (χ0v) is 12.7. The van der Waals surface area contributed by atoms with Gasteiger partial charge in [-0.15, -0.1) is 0 Å². The number of halogens is 1. The molecule has 0 aliphatic heterocycles. The quantitative estimate of drug-likeness (QED) is 0.620. The van der Waals surface area contributed by atoms with Crippen LogP contribution < -0.4 is 0 Å². The summed E-state index contributed by atoms with van der Waals surface area (Å²) in [4.78, 5) is 0. The van der Waals surface area contributed by atoms with Crippen molar-refractivity contribution >= 4 is 0 Å². The molecule has 0 heterocycles. The van der Waals surface area contributed by atoms with Crippen LogP contribution in [0.2, 0.25) is 0 Å². The molecule has 2 aromatic rings. The van der Waals surface area contributed by atoms with Crippen LogP contribution in [0, 0.1) is 11.2 Å². The van der Waals surface area contributed by atoms with Gasteiger partial charge in [0.25, 0.3) is 0 Å². The van der Waals surface area contributed by atoms with E-state index >= 15 is 0 Å². The third-order valence-corrected chi connectivity index (χ3v) is 5.69. The molecule has 0 N–H and O–H groups in total. The lowest BCUT2D eigenvalue weighted by molar-refractivity contribution is 0.265. The summed E-state index contributed by atoms with van der Waals surface area (Å²) in [6.07, 6.45) is 3.28. The lowest BCUT2D eigenvalue weighted by atomic mass is 9.73. The molecule has 0 aromatic heterocycles. The Hall–Kier alpha value is -1.63. The number of benzene rings is 2. The van der Waals surface area contributed by atoms with Crippen molar-refractivity contribution < 1.29 is 4.39 Å². The normalized spacial score (nSPS) is 30.2. The molecule has 0 fully saturated rings. The third kappa shape index (κ3) is 1.94. The molecule has 0 saturated carbocycles. The van der Waals surface area contributed by atoms with E-state index in [-0.39, 0.29) is 11.2 Å². The van der Waals surface area contributed by atoms with Gasteiger partial charge in [-0.1, -0.05) is 44.2 Å². The summed E-state index contributed by atoms with van der Waals surface area (Å²) in [5.41, 5.74) is 5.83. The lowest BCUT2D eigenvalue weighted by Gasteiger charge is -2.31. The smallest absolute Gasteiger partial charge is 0.123 e. The predicted molar refractivity (Wildman–Crippen MR) is 84.1 cm³/mol. The predicted octanol–water partition coefficient (Wildman–Crippen LogP) is 5.22. The van der Waals surface area contributed by atoms with Crippen molar-refractivity contribution in [3.63, 3.8) is 0 Å². The molecule has 2 aliphatic rings. The van der Waals surface area contributed by atoms with Gasteiger partial charge in [0.05, 0.1) is 0 Å². The second kappa shape index (κ2) is 4.43. The van der Waals surface area contributed by atoms with Crippen LogP contribution in [0.3, 0.4) is 0 Å². The Bertz CT molecular complexity index is 703. The van der Waals surface area contributed by atoms with Crippen LogP contribution >= 0.6 is 0 Å². The van der Waals surface area contributed by atoms with E-state index in [4.69, 9.17) is 0 Å². The maximum Gasteiger partial charge on any atom is 0.123 e. The van der Waals surface area contributed by atoms with Crippen LogP contribution in [0.1, 0.15) is 54.4 Å². The van der Waals surface area contributed by atoms with Gasteiger partial charge >= 0.3 is 0 Å². The highest BCUT2D eigenvalue weighted by Crippen LogP contribution is 2.55. The number of fused-ring (bicyclic) bond motifs is 4. The van der Waals surface area contributed by atoms with Crippen molar-refractivity contribution in [2.24, 2.45) is 5.41 Å². The zero-order chi connectivity index (χ0) is 14.6. The van der Waals surface area contributed by atoms with E-state index in [1.165, 1.54) is 28.7 Å². The van der Waals surface area contributed by atoms with Crippen LogP contribution in [0.4, 0.5) is 4.39 Å². The minimum atomic E-state index is -0.0986. The Kier molecular flexibility index (Phi) is 2.76. The van der Waals surface area contributed by atoms with Crippen LogP contribution in [0.25, 0.3) is 0 Å².